The zero-order valence-corrected chi connectivity index (χ0v) is 14.6. The van der Waals surface area contributed by atoms with E-state index in [1.54, 1.807) is 0 Å². The van der Waals surface area contributed by atoms with E-state index in [1.165, 1.54) is 37.7 Å². The maximum absolute atomic E-state index is 12.2. The van der Waals surface area contributed by atoms with Crippen molar-refractivity contribution < 1.29 is 4.79 Å². The Balaban J connectivity index is 1.39. The third-order valence-corrected chi connectivity index (χ3v) is 5.64. The Morgan fingerprint density at radius 2 is 1.88 bits per heavy atom. The number of carbonyl (C=O) groups is 1. The Morgan fingerprint density at radius 1 is 1.12 bits per heavy atom. The van der Waals surface area contributed by atoms with Crippen LogP contribution in [-0.4, -0.2) is 43.0 Å². The fourth-order valence-electron chi connectivity index (χ4n) is 4.25. The average molecular weight is 329 g/mol. The van der Waals surface area contributed by atoms with Gasteiger partial charge in [0.25, 0.3) is 0 Å². The van der Waals surface area contributed by atoms with E-state index in [0.717, 1.165) is 32.0 Å². The summed E-state index contributed by atoms with van der Waals surface area (Å²) in [5.41, 5.74) is 7.58. The predicted molar refractivity (Wildman–Crippen MR) is 97.8 cm³/mol. The molecular formula is C20H31N3O. The maximum Gasteiger partial charge on any atom is 0.234 e. The second-order valence-corrected chi connectivity index (χ2v) is 7.52. The Kier molecular flexibility index (Phi) is 6.27. The van der Waals surface area contributed by atoms with E-state index in [0.29, 0.717) is 12.5 Å². The van der Waals surface area contributed by atoms with Crippen molar-refractivity contribution in [1.82, 2.24) is 10.2 Å². The second-order valence-electron chi connectivity index (χ2n) is 7.52. The highest BCUT2D eigenvalue weighted by Crippen LogP contribution is 2.26. The van der Waals surface area contributed by atoms with Crippen molar-refractivity contribution in [3.05, 3.63) is 35.9 Å². The van der Waals surface area contributed by atoms with Gasteiger partial charge in [0.1, 0.15) is 0 Å². The molecule has 0 spiro atoms. The van der Waals surface area contributed by atoms with Gasteiger partial charge in [-0.15, -0.1) is 0 Å². The van der Waals surface area contributed by atoms with Gasteiger partial charge >= 0.3 is 0 Å². The summed E-state index contributed by atoms with van der Waals surface area (Å²) in [7, 11) is 0. The number of nitrogens with one attached hydrogen (secondary N) is 1. The van der Waals surface area contributed by atoms with Gasteiger partial charge in [-0.05, 0) is 17.9 Å². The summed E-state index contributed by atoms with van der Waals surface area (Å²) in [6.45, 7) is 2.98. The minimum atomic E-state index is 0.113. The van der Waals surface area contributed by atoms with E-state index >= 15 is 0 Å². The van der Waals surface area contributed by atoms with Gasteiger partial charge in [-0.25, -0.2) is 0 Å². The molecule has 1 aromatic rings. The van der Waals surface area contributed by atoms with E-state index < -0.39 is 0 Å². The van der Waals surface area contributed by atoms with E-state index in [9.17, 15) is 4.79 Å². The monoisotopic (exact) mass is 329 g/mol. The average Bonchev–Trinajstić information content (AvgIpc) is 2.97. The summed E-state index contributed by atoms with van der Waals surface area (Å²) < 4.78 is 0. The fraction of sp³-hybridized carbons (Fsp3) is 0.650. The molecule has 1 heterocycles. The summed E-state index contributed by atoms with van der Waals surface area (Å²) >= 11 is 0. The SMILES string of the molecule is N[C@@H]1CN(CC(=O)NCCC2CCCCC2)C[C@H]1c1ccccc1. The van der Waals surface area contributed by atoms with Gasteiger partial charge in [-0.1, -0.05) is 62.4 Å². The highest BCUT2D eigenvalue weighted by Gasteiger charge is 2.31. The third kappa shape index (κ3) is 4.81. The smallest absolute Gasteiger partial charge is 0.234 e. The van der Waals surface area contributed by atoms with Gasteiger partial charge in [0.2, 0.25) is 5.91 Å². The van der Waals surface area contributed by atoms with Crippen molar-refractivity contribution in [2.24, 2.45) is 11.7 Å². The number of nitrogens with zero attached hydrogens (tertiary/aromatic N) is 1. The van der Waals surface area contributed by atoms with Gasteiger partial charge in [-0.2, -0.15) is 0 Å². The molecule has 1 aliphatic carbocycles. The van der Waals surface area contributed by atoms with Crippen molar-refractivity contribution in [2.45, 2.75) is 50.5 Å². The summed E-state index contributed by atoms with van der Waals surface area (Å²) in [4.78, 5) is 14.4. The first-order valence-corrected chi connectivity index (χ1v) is 9.52. The molecule has 0 unspecified atom stereocenters. The van der Waals surface area contributed by atoms with Crippen molar-refractivity contribution in [1.29, 1.82) is 0 Å². The molecular weight excluding hydrogens is 298 g/mol. The summed E-state index contributed by atoms with van der Waals surface area (Å²) in [6.07, 6.45) is 7.94. The normalized spacial score (nSPS) is 25.7. The molecule has 4 nitrogen and oxygen atoms in total. The molecule has 1 aliphatic heterocycles. The molecule has 132 valence electrons. The summed E-state index contributed by atoms with van der Waals surface area (Å²) in [5, 5.41) is 3.10. The molecule has 1 saturated carbocycles. The minimum absolute atomic E-state index is 0.113. The number of hydrogen-bond donors (Lipinski definition) is 2. The predicted octanol–water partition coefficient (Wildman–Crippen LogP) is 2.50. The highest BCUT2D eigenvalue weighted by molar-refractivity contribution is 5.78. The molecule has 4 heteroatoms. The van der Waals surface area contributed by atoms with Gasteiger partial charge in [0.15, 0.2) is 0 Å². The number of amides is 1. The first-order chi connectivity index (χ1) is 11.7. The van der Waals surface area contributed by atoms with Gasteiger partial charge in [-0.3, -0.25) is 9.69 Å². The molecule has 3 rings (SSSR count). The van der Waals surface area contributed by atoms with E-state index in [2.05, 4.69) is 34.5 Å². The summed E-state index contributed by atoms with van der Waals surface area (Å²) in [5.74, 6) is 1.30. The molecule has 1 saturated heterocycles. The van der Waals surface area contributed by atoms with Crippen molar-refractivity contribution in [2.75, 3.05) is 26.2 Å². The molecule has 2 atom stereocenters. The molecule has 2 aliphatic rings. The van der Waals surface area contributed by atoms with Crippen LogP contribution in [0.15, 0.2) is 30.3 Å². The van der Waals surface area contributed by atoms with Crippen LogP contribution in [0.3, 0.4) is 0 Å². The Morgan fingerprint density at radius 3 is 2.62 bits per heavy atom. The van der Waals surface area contributed by atoms with E-state index in [4.69, 9.17) is 5.73 Å². The molecule has 1 aromatic carbocycles. The minimum Gasteiger partial charge on any atom is -0.355 e. The van der Waals surface area contributed by atoms with Crippen LogP contribution in [0.4, 0.5) is 0 Å². The molecule has 2 fully saturated rings. The summed E-state index contributed by atoms with van der Waals surface area (Å²) in [6, 6.07) is 10.5. The van der Waals surface area contributed by atoms with Crippen molar-refractivity contribution >= 4 is 5.91 Å². The molecule has 24 heavy (non-hydrogen) atoms. The second kappa shape index (κ2) is 8.63. The molecule has 3 N–H and O–H groups in total. The largest absolute Gasteiger partial charge is 0.355 e. The Labute approximate surface area is 145 Å². The number of rotatable bonds is 6. The van der Waals surface area contributed by atoms with Gasteiger partial charge in [0.05, 0.1) is 6.54 Å². The molecule has 0 bridgehead atoms. The van der Waals surface area contributed by atoms with Crippen molar-refractivity contribution in [3.8, 4) is 0 Å². The number of hydrogen-bond acceptors (Lipinski definition) is 3. The first kappa shape index (κ1) is 17.4. The third-order valence-electron chi connectivity index (χ3n) is 5.64. The lowest BCUT2D eigenvalue weighted by molar-refractivity contribution is -0.122. The molecule has 0 radical (unpaired) electrons. The highest BCUT2D eigenvalue weighted by atomic mass is 16.2. The number of benzene rings is 1. The van der Waals surface area contributed by atoms with Crippen LogP contribution in [0, 0.1) is 5.92 Å². The van der Waals surface area contributed by atoms with Gasteiger partial charge in [0, 0.05) is 31.6 Å². The fourth-order valence-corrected chi connectivity index (χ4v) is 4.25. The Bertz CT molecular complexity index is 513. The molecule has 1 amide bonds. The maximum atomic E-state index is 12.2. The van der Waals surface area contributed by atoms with Crippen LogP contribution >= 0.6 is 0 Å². The van der Waals surface area contributed by atoms with Crippen molar-refractivity contribution in [3.63, 3.8) is 0 Å². The zero-order chi connectivity index (χ0) is 16.8. The van der Waals surface area contributed by atoms with Gasteiger partial charge < -0.3 is 11.1 Å². The quantitative estimate of drug-likeness (QED) is 0.843. The molecule has 0 aromatic heterocycles. The standard InChI is InChI=1S/C20H31N3O/c21-19-14-23(13-18(19)17-9-5-2-6-10-17)15-20(24)22-12-11-16-7-3-1-4-8-16/h2,5-6,9-10,16,18-19H,1,3-4,7-8,11-15,21H2,(H,22,24)/t18-,19+/m0/s1. The lowest BCUT2D eigenvalue weighted by atomic mass is 9.87. The van der Waals surface area contributed by atoms with Crippen LogP contribution in [0.5, 0.6) is 0 Å². The number of carbonyl (C=O) groups excluding carboxylic acids is 1. The topological polar surface area (TPSA) is 58.4 Å². The Hall–Kier alpha value is -1.39. The zero-order valence-electron chi connectivity index (χ0n) is 14.6. The van der Waals surface area contributed by atoms with Crippen LogP contribution in [0.25, 0.3) is 0 Å². The number of likely N-dealkylation sites (tertiary alicyclic amines) is 1. The van der Waals surface area contributed by atoms with E-state index in [-0.39, 0.29) is 11.9 Å². The van der Waals surface area contributed by atoms with Crippen LogP contribution in [0.2, 0.25) is 0 Å². The lowest BCUT2D eigenvalue weighted by Crippen LogP contribution is -2.38. The van der Waals surface area contributed by atoms with Crippen LogP contribution in [0.1, 0.15) is 50.0 Å². The van der Waals surface area contributed by atoms with E-state index in [1.807, 2.05) is 6.07 Å². The lowest BCUT2D eigenvalue weighted by Gasteiger charge is -2.22. The van der Waals surface area contributed by atoms with Crippen LogP contribution in [-0.2, 0) is 4.79 Å². The first-order valence-electron chi connectivity index (χ1n) is 9.52. The van der Waals surface area contributed by atoms with Crippen LogP contribution < -0.4 is 11.1 Å². The number of nitrogens with two attached hydrogens (primary N) is 1.